The van der Waals surface area contributed by atoms with Crippen LogP contribution in [0.2, 0.25) is 0 Å². The molecule has 0 aliphatic carbocycles. The third-order valence-corrected chi connectivity index (χ3v) is 7.08. The zero-order chi connectivity index (χ0) is 19.4. The number of methoxy groups -OCH3 is 1. The average Bonchev–Trinajstić information content (AvgIpc) is 2.69. The third kappa shape index (κ3) is 4.34. The van der Waals surface area contributed by atoms with E-state index in [1.54, 1.807) is 12.1 Å². The molecule has 8 heteroatoms. The molecular formula is C19H21BrN2O4S. The van der Waals surface area contributed by atoms with Crippen LogP contribution in [0.15, 0.2) is 51.8 Å². The van der Waals surface area contributed by atoms with E-state index < -0.39 is 15.9 Å². The van der Waals surface area contributed by atoms with E-state index in [0.717, 1.165) is 23.7 Å². The van der Waals surface area contributed by atoms with Gasteiger partial charge in [-0.25, -0.2) is 8.42 Å². The number of para-hydroxylation sites is 1. The minimum Gasteiger partial charge on any atom is -0.496 e. The smallest absolute Gasteiger partial charge is 0.259 e. The summed E-state index contributed by atoms with van der Waals surface area (Å²) in [5.41, 5.74) is 0.764. The number of ether oxygens (including phenoxy) is 1. The molecule has 6 nitrogen and oxygen atoms in total. The van der Waals surface area contributed by atoms with Crippen LogP contribution in [0.5, 0.6) is 5.75 Å². The van der Waals surface area contributed by atoms with Crippen LogP contribution in [0.3, 0.4) is 0 Å². The lowest BCUT2D eigenvalue weighted by atomic mass is 10.2. The summed E-state index contributed by atoms with van der Waals surface area (Å²) < 4.78 is 33.3. The second kappa shape index (κ2) is 8.41. The molecule has 0 bridgehead atoms. The monoisotopic (exact) mass is 452 g/mol. The van der Waals surface area contributed by atoms with Gasteiger partial charge < -0.3 is 10.1 Å². The molecule has 1 saturated heterocycles. The number of halogens is 1. The van der Waals surface area contributed by atoms with Crippen LogP contribution in [0.1, 0.15) is 29.6 Å². The molecule has 2 aromatic rings. The number of carbonyl (C=O) groups is 1. The van der Waals surface area contributed by atoms with Crippen LogP contribution in [0.4, 0.5) is 5.69 Å². The van der Waals surface area contributed by atoms with Crippen molar-refractivity contribution in [1.29, 1.82) is 0 Å². The molecule has 0 spiro atoms. The predicted molar refractivity (Wildman–Crippen MR) is 108 cm³/mol. The van der Waals surface area contributed by atoms with Gasteiger partial charge in [-0.3, -0.25) is 4.79 Å². The fourth-order valence-corrected chi connectivity index (χ4v) is 4.96. The van der Waals surface area contributed by atoms with Crippen molar-refractivity contribution in [2.24, 2.45) is 0 Å². The maximum Gasteiger partial charge on any atom is 0.259 e. The number of nitrogens with one attached hydrogen (secondary N) is 1. The lowest BCUT2D eigenvalue weighted by Crippen LogP contribution is -2.35. The van der Waals surface area contributed by atoms with Gasteiger partial charge in [0, 0.05) is 17.6 Å². The standard InChI is InChI=1S/C19H21BrN2O4S/c1-26-18-10-9-14(27(24,25)22-11-5-2-6-12-22)13-15(18)19(23)21-17-8-4-3-7-16(17)20/h3-4,7-10,13H,2,5-6,11-12H2,1H3,(H,21,23). The zero-order valence-electron chi connectivity index (χ0n) is 14.9. The molecule has 144 valence electrons. The lowest BCUT2D eigenvalue weighted by molar-refractivity contribution is 0.102. The molecule has 1 N–H and O–H groups in total. The summed E-state index contributed by atoms with van der Waals surface area (Å²) in [7, 11) is -2.19. The number of amides is 1. The quantitative estimate of drug-likeness (QED) is 0.746. The van der Waals surface area contributed by atoms with Crippen LogP contribution < -0.4 is 10.1 Å². The van der Waals surface area contributed by atoms with Gasteiger partial charge in [-0.15, -0.1) is 0 Å². The molecule has 0 aromatic heterocycles. The second-order valence-corrected chi connectivity index (χ2v) is 9.05. The van der Waals surface area contributed by atoms with Gasteiger partial charge in [-0.05, 0) is 59.1 Å². The summed E-state index contributed by atoms with van der Waals surface area (Å²) in [4.78, 5) is 12.9. The molecule has 0 unspecified atom stereocenters. The molecule has 1 fully saturated rings. The summed E-state index contributed by atoms with van der Waals surface area (Å²) >= 11 is 3.38. The van der Waals surface area contributed by atoms with Crippen LogP contribution in [-0.4, -0.2) is 38.8 Å². The maximum absolute atomic E-state index is 12.9. The third-order valence-electron chi connectivity index (χ3n) is 4.49. The van der Waals surface area contributed by atoms with Crippen molar-refractivity contribution in [3.05, 3.63) is 52.5 Å². The highest BCUT2D eigenvalue weighted by atomic mass is 79.9. The number of rotatable bonds is 5. The molecule has 1 aliphatic rings. The van der Waals surface area contributed by atoms with Crippen molar-refractivity contribution in [3.63, 3.8) is 0 Å². The van der Waals surface area contributed by atoms with Crippen molar-refractivity contribution in [2.45, 2.75) is 24.2 Å². The van der Waals surface area contributed by atoms with Crippen molar-refractivity contribution >= 4 is 37.5 Å². The van der Waals surface area contributed by atoms with Gasteiger partial charge in [0.25, 0.3) is 5.91 Å². The fourth-order valence-electron chi connectivity index (χ4n) is 3.03. The molecule has 3 rings (SSSR count). The van der Waals surface area contributed by atoms with Gasteiger partial charge in [0.05, 0.1) is 23.3 Å². The summed E-state index contributed by atoms with van der Waals surface area (Å²) in [5, 5.41) is 2.79. The van der Waals surface area contributed by atoms with Gasteiger partial charge in [-0.2, -0.15) is 4.31 Å². The SMILES string of the molecule is COc1ccc(S(=O)(=O)N2CCCCC2)cc1C(=O)Nc1ccccc1Br. The first-order chi connectivity index (χ1) is 12.9. The van der Waals surface area contributed by atoms with E-state index in [2.05, 4.69) is 21.2 Å². The van der Waals surface area contributed by atoms with E-state index in [1.807, 2.05) is 12.1 Å². The first-order valence-electron chi connectivity index (χ1n) is 8.67. The van der Waals surface area contributed by atoms with Crippen LogP contribution in [-0.2, 0) is 10.0 Å². The van der Waals surface area contributed by atoms with E-state index in [4.69, 9.17) is 4.74 Å². The fraction of sp³-hybridized carbons (Fsp3) is 0.316. The number of carbonyl (C=O) groups excluding carboxylic acids is 1. The van der Waals surface area contributed by atoms with Gasteiger partial charge >= 0.3 is 0 Å². The minimum atomic E-state index is -3.64. The Morgan fingerprint density at radius 2 is 1.81 bits per heavy atom. The summed E-state index contributed by atoms with van der Waals surface area (Å²) in [6, 6.07) is 11.6. The molecule has 0 saturated carbocycles. The molecule has 0 atom stereocenters. The topological polar surface area (TPSA) is 75.7 Å². The molecular weight excluding hydrogens is 432 g/mol. The van der Waals surface area contributed by atoms with E-state index in [0.29, 0.717) is 24.5 Å². The Hall–Kier alpha value is -1.90. The Balaban J connectivity index is 1.94. The zero-order valence-corrected chi connectivity index (χ0v) is 17.3. The maximum atomic E-state index is 12.9. The van der Waals surface area contributed by atoms with Crippen LogP contribution in [0.25, 0.3) is 0 Å². The van der Waals surface area contributed by atoms with Gasteiger partial charge in [-0.1, -0.05) is 18.6 Å². The number of benzene rings is 2. The normalized spacial score (nSPS) is 15.3. The molecule has 27 heavy (non-hydrogen) atoms. The number of nitrogens with zero attached hydrogens (tertiary/aromatic N) is 1. The highest BCUT2D eigenvalue weighted by molar-refractivity contribution is 9.10. The van der Waals surface area contributed by atoms with Gasteiger partial charge in [0.2, 0.25) is 10.0 Å². The Labute approximate surface area is 167 Å². The van der Waals surface area contributed by atoms with Crippen LogP contribution >= 0.6 is 15.9 Å². The number of hydrogen-bond acceptors (Lipinski definition) is 4. The first-order valence-corrected chi connectivity index (χ1v) is 10.9. The predicted octanol–water partition coefficient (Wildman–Crippen LogP) is 3.88. The molecule has 0 radical (unpaired) electrons. The average molecular weight is 453 g/mol. The van der Waals surface area contributed by atoms with Crippen molar-refractivity contribution in [1.82, 2.24) is 4.31 Å². The molecule has 2 aromatic carbocycles. The molecule has 1 aliphatic heterocycles. The second-order valence-electron chi connectivity index (χ2n) is 6.26. The van der Waals surface area contributed by atoms with Crippen molar-refractivity contribution in [3.8, 4) is 5.75 Å². The Bertz CT molecular complexity index is 940. The highest BCUT2D eigenvalue weighted by Crippen LogP contribution is 2.28. The van der Waals surface area contributed by atoms with E-state index in [1.165, 1.54) is 29.6 Å². The summed E-state index contributed by atoms with van der Waals surface area (Å²) in [6.07, 6.45) is 2.74. The van der Waals surface area contributed by atoms with Crippen LogP contribution in [0, 0.1) is 0 Å². The number of anilines is 1. The van der Waals surface area contributed by atoms with Crippen molar-refractivity contribution in [2.75, 3.05) is 25.5 Å². The Morgan fingerprint density at radius 1 is 1.11 bits per heavy atom. The Morgan fingerprint density at radius 3 is 2.48 bits per heavy atom. The number of piperidine rings is 1. The summed E-state index contributed by atoms with van der Waals surface area (Å²) in [6.45, 7) is 1.01. The van der Waals surface area contributed by atoms with Gasteiger partial charge in [0.1, 0.15) is 5.75 Å². The largest absolute Gasteiger partial charge is 0.496 e. The highest BCUT2D eigenvalue weighted by Gasteiger charge is 2.27. The van der Waals surface area contributed by atoms with E-state index in [9.17, 15) is 13.2 Å². The van der Waals surface area contributed by atoms with E-state index in [-0.39, 0.29) is 10.5 Å². The van der Waals surface area contributed by atoms with Crippen molar-refractivity contribution < 1.29 is 17.9 Å². The Kier molecular flexibility index (Phi) is 6.18. The molecule has 1 amide bonds. The number of hydrogen-bond donors (Lipinski definition) is 1. The first kappa shape index (κ1) is 19.9. The van der Waals surface area contributed by atoms with Gasteiger partial charge in [0.15, 0.2) is 0 Å². The van der Waals surface area contributed by atoms with E-state index >= 15 is 0 Å². The summed E-state index contributed by atoms with van der Waals surface area (Å²) in [5.74, 6) is -0.119. The number of sulfonamides is 1. The molecule has 1 heterocycles. The lowest BCUT2D eigenvalue weighted by Gasteiger charge is -2.26. The minimum absolute atomic E-state index is 0.0995.